The molecule has 8 heteroatoms. The molecule has 0 aromatic heterocycles. The molecule has 8 aliphatic rings. The smallest absolute Gasteiger partial charge is 0.0860 e. The van der Waals surface area contributed by atoms with E-state index in [4.69, 9.17) is 0 Å². The van der Waals surface area contributed by atoms with Crippen LogP contribution >= 0.6 is 0 Å². The molecule has 4 heterocycles. The molecular formula is C48H80Cl2Si4Zr2-2. The van der Waals surface area contributed by atoms with Gasteiger partial charge >= 0.3 is 0 Å². The van der Waals surface area contributed by atoms with Crippen LogP contribution < -0.4 is 24.8 Å². The Bertz CT molecular complexity index is 1250. The van der Waals surface area contributed by atoms with E-state index in [0.717, 1.165) is 0 Å². The van der Waals surface area contributed by atoms with Crippen molar-refractivity contribution in [2.45, 2.75) is 205 Å². The van der Waals surface area contributed by atoms with Gasteiger partial charge in [-0.25, -0.2) is 0 Å². The number of hydrogen-bond donors (Lipinski definition) is 0. The summed E-state index contributed by atoms with van der Waals surface area (Å²) in [6.07, 6.45) is 36.4. The topological polar surface area (TPSA) is 0 Å². The number of halogens is 2. The molecule has 0 aromatic rings. The van der Waals surface area contributed by atoms with Gasteiger partial charge in [-0.3, -0.25) is 0 Å². The monoisotopic (exact) mass is 1020 g/mol. The van der Waals surface area contributed by atoms with Crippen molar-refractivity contribution in [1.82, 2.24) is 0 Å². The summed E-state index contributed by atoms with van der Waals surface area (Å²) in [5.41, 5.74) is 6.67. The fraction of sp³-hybridized carbons (Fsp3) is 0.667. The summed E-state index contributed by atoms with van der Waals surface area (Å²) in [7, 11) is -3.43. The van der Waals surface area contributed by atoms with Crippen LogP contribution in [-0.4, -0.2) is 32.3 Å². The van der Waals surface area contributed by atoms with Gasteiger partial charge in [0.05, 0.1) is 32.3 Å². The Hall–Kier alpha value is 1.13. The van der Waals surface area contributed by atoms with Crippen molar-refractivity contribution in [2.75, 3.05) is 0 Å². The number of hydrogen-bond acceptors (Lipinski definition) is 0. The quantitative estimate of drug-likeness (QED) is 0.171. The van der Waals surface area contributed by atoms with Crippen LogP contribution in [0, 0.1) is 0 Å². The minimum Gasteiger partial charge on any atom is -1.00 e. The van der Waals surface area contributed by atoms with Crippen LogP contribution in [0.5, 0.6) is 0 Å². The van der Waals surface area contributed by atoms with Crippen molar-refractivity contribution in [3.8, 4) is 0 Å². The minimum atomic E-state index is -0.857. The molecule has 0 N–H and O–H groups in total. The zero-order valence-electron chi connectivity index (χ0n) is 37.3. The molecule has 0 aromatic carbocycles. The summed E-state index contributed by atoms with van der Waals surface area (Å²) in [4.78, 5) is 0. The maximum Gasteiger partial charge on any atom is 0.0860 e. The van der Waals surface area contributed by atoms with Crippen molar-refractivity contribution in [3.63, 3.8) is 0 Å². The molecule has 0 radical (unpaired) electrons. The third-order valence-electron chi connectivity index (χ3n) is 16.0. The van der Waals surface area contributed by atoms with Gasteiger partial charge in [0, 0.05) is 52.4 Å². The number of rotatable bonds is 12. The maximum absolute atomic E-state index is 2.54. The molecule has 4 saturated heterocycles. The van der Waals surface area contributed by atoms with Crippen LogP contribution in [-0.2, 0) is 52.4 Å². The normalized spacial score (nSPS) is 23.3. The zero-order chi connectivity index (χ0) is 37.2. The molecule has 0 nitrogen and oxygen atoms in total. The predicted molar refractivity (Wildman–Crippen MR) is 246 cm³/mol. The SMILES string of the molecule is CCC1=CC([Si]2(CC)CCC2)=CC1.CCC1=CC([Si]2(CC)CCC2)=CC1.CCC1=CC([Si]2(CC)CCC2)=CC1.CCC1=CC([Si]2(CC)CCC2)=CC1.[Cl-].[Cl-].[Zr].[Zr]. The van der Waals surface area contributed by atoms with Gasteiger partial charge in [-0.1, -0.05) is 245 Å². The molecule has 0 atom stereocenters. The van der Waals surface area contributed by atoms with Crippen LogP contribution in [0.15, 0.2) is 91.7 Å². The van der Waals surface area contributed by atoms with E-state index < -0.39 is 32.3 Å². The van der Waals surface area contributed by atoms with E-state index in [1.165, 1.54) is 101 Å². The van der Waals surface area contributed by atoms with Crippen LogP contribution in [0.2, 0.25) is 72.5 Å². The minimum absolute atomic E-state index is 0. The third kappa shape index (κ3) is 12.6. The average molecular weight is 1020 g/mol. The van der Waals surface area contributed by atoms with E-state index in [0.29, 0.717) is 0 Å². The molecule has 0 bridgehead atoms. The van der Waals surface area contributed by atoms with Gasteiger partial charge < -0.3 is 24.8 Å². The maximum atomic E-state index is 2.54. The van der Waals surface area contributed by atoms with Crippen molar-refractivity contribution in [3.05, 3.63) is 91.7 Å². The summed E-state index contributed by atoms with van der Waals surface area (Å²) in [5, 5.41) is 7.22. The van der Waals surface area contributed by atoms with Crippen LogP contribution in [0.3, 0.4) is 0 Å². The van der Waals surface area contributed by atoms with Gasteiger partial charge in [0.25, 0.3) is 0 Å². The Morgan fingerprint density at radius 2 is 0.518 bits per heavy atom. The molecular weight excluding hydrogens is 942 g/mol. The zero-order valence-corrected chi connectivity index (χ0v) is 47.8. The first-order chi connectivity index (χ1) is 25.2. The summed E-state index contributed by atoms with van der Waals surface area (Å²) in [6, 6.07) is 18.5. The molecule has 0 unspecified atom stereocenters. The first-order valence-electron chi connectivity index (χ1n) is 22.8. The Balaban J connectivity index is 0.000000365. The summed E-state index contributed by atoms with van der Waals surface area (Å²) >= 11 is 0. The molecule has 8 rings (SSSR count). The van der Waals surface area contributed by atoms with Crippen molar-refractivity contribution < 1.29 is 77.2 Å². The van der Waals surface area contributed by atoms with E-state index >= 15 is 0 Å². The third-order valence-corrected chi connectivity index (χ3v) is 38.2. The van der Waals surface area contributed by atoms with Crippen LogP contribution in [0.1, 0.15) is 132 Å². The van der Waals surface area contributed by atoms with Crippen molar-refractivity contribution in [2.24, 2.45) is 0 Å². The second-order valence-electron chi connectivity index (χ2n) is 18.0. The Labute approximate surface area is 402 Å². The van der Waals surface area contributed by atoms with E-state index in [9.17, 15) is 0 Å². The van der Waals surface area contributed by atoms with E-state index in [2.05, 4.69) is 104 Å². The van der Waals surface area contributed by atoms with Gasteiger partial charge in [0.2, 0.25) is 0 Å². The van der Waals surface area contributed by atoms with Gasteiger partial charge in [-0.2, -0.15) is 0 Å². The molecule has 0 amide bonds. The van der Waals surface area contributed by atoms with Gasteiger partial charge in [-0.15, -0.1) is 0 Å². The first kappa shape index (κ1) is 55.2. The summed E-state index contributed by atoms with van der Waals surface area (Å²) < 4.78 is 0. The average Bonchev–Trinajstić information content (AvgIpc) is 3.93. The fourth-order valence-corrected chi connectivity index (χ4v) is 26.4. The predicted octanol–water partition coefficient (Wildman–Crippen LogP) is 10.3. The van der Waals surface area contributed by atoms with Crippen LogP contribution in [0.25, 0.3) is 0 Å². The molecule has 0 saturated carbocycles. The van der Waals surface area contributed by atoms with E-state index in [1.807, 2.05) is 0 Å². The summed E-state index contributed by atoms with van der Waals surface area (Å²) in [6.45, 7) is 18.8. The van der Waals surface area contributed by atoms with Crippen molar-refractivity contribution in [1.29, 1.82) is 0 Å². The molecule has 0 spiro atoms. The van der Waals surface area contributed by atoms with E-state index in [1.54, 1.807) is 91.4 Å². The molecule has 56 heavy (non-hydrogen) atoms. The van der Waals surface area contributed by atoms with Crippen LogP contribution in [0.4, 0.5) is 0 Å². The fourth-order valence-electron chi connectivity index (χ4n) is 10.6. The van der Waals surface area contributed by atoms with E-state index in [-0.39, 0.29) is 77.2 Å². The molecule has 4 aliphatic carbocycles. The standard InChI is InChI=1S/4C12H20Si.2ClH.2Zr/c4*1-3-11-6-7-12(10-11)13(4-2)8-5-9-13;;;;/h4*7,10H,3-6,8-9H2,1-2H3;2*1H;;/p-2. The first-order valence-corrected chi connectivity index (χ1v) is 33.3. The molecule has 4 fully saturated rings. The second-order valence-corrected chi connectivity index (χ2v) is 37.4. The number of allylic oxidation sites excluding steroid dienone is 16. The Kier molecular flexibility index (Phi) is 25.5. The Morgan fingerprint density at radius 3 is 0.607 bits per heavy atom. The van der Waals surface area contributed by atoms with Gasteiger partial charge in [0.15, 0.2) is 0 Å². The largest absolute Gasteiger partial charge is 1.00 e. The second kappa shape index (κ2) is 25.9. The van der Waals surface area contributed by atoms with Gasteiger partial charge in [-0.05, 0) is 51.4 Å². The molecule has 312 valence electrons. The molecule has 4 aliphatic heterocycles. The summed E-state index contributed by atoms with van der Waals surface area (Å²) in [5.74, 6) is 0. The Morgan fingerprint density at radius 1 is 0.339 bits per heavy atom. The van der Waals surface area contributed by atoms with Crippen molar-refractivity contribution >= 4 is 32.3 Å². The van der Waals surface area contributed by atoms with Gasteiger partial charge in [0.1, 0.15) is 0 Å².